The minimum absolute atomic E-state index is 0.318. The molecule has 0 N–H and O–H groups in total. The summed E-state index contributed by atoms with van der Waals surface area (Å²) < 4.78 is 10.9. The molecule has 17 heavy (non-hydrogen) atoms. The summed E-state index contributed by atoms with van der Waals surface area (Å²) in [5.74, 6) is 0.795. The van der Waals surface area contributed by atoms with Crippen LogP contribution in [0.3, 0.4) is 0 Å². The lowest BCUT2D eigenvalue weighted by molar-refractivity contribution is 0.320. The van der Waals surface area contributed by atoms with Crippen molar-refractivity contribution in [3.63, 3.8) is 0 Å². The van der Waals surface area contributed by atoms with Gasteiger partial charge in [0, 0.05) is 6.07 Å². The van der Waals surface area contributed by atoms with Crippen LogP contribution in [0.1, 0.15) is 24.5 Å². The fourth-order valence-electron chi connectivity index (χ4n) is 1.90. The molecule has 0 fully saturated rings. The molecule has 0 atom stereocenters. The fourth-order valence-corrected chi connectivity index (χ4v) is 1.90. The maximum Gasteiger partial charge on any atom is 0.336 e. The van der Waals surface area contributed by atoms with E-state index in [1.165, 1.54) is 6.07 Å². The molecular formula is C14H16O3. The molecule has 1 heterocycles. The van der Waals surface area contributed by atoms with Gasteiger partial charge in [-0.15, -0.1) is 0 Å². The molecule has 3 heteroatoms. The van der Waals surface area contributed by atoms with Crippen LogP contribution in [-0.2, 0) is 0 Å². The number of hydrogen-bond donors (Lipinski definition) is 0. The zero-order valence-electron chi connectivity index (χ0n) is 10.4. The van der Waals surface area contributed by atoms with Crippen LogP contribution in [0.4, 0.5) is 0 Å². The fraction of sp³-hybridized carbons (Fsp3) is 0.357. The van der Waals surface area contributed by atoms with Crippen molar-refractivity contribution in [3.8, 4) is 5.75 Å². The zero-order chi connectivity index (χ0) is 12.4. The van der Waals surface area contributed by atoms with Gasteiger partial charge in [-0.25, -0.2) is 4.79 Å². The Bertz CT molecular complexity index is 596. The van der Waals surface area contributed by atoms with Crippen molar-refractivity contribution in [1.82, 2.24) is 0 Å². The molecule has 1 aromatic heterocycles. The van der Waals surface area contributed by atoms with Crippen molar-refractivity contribution in [2.24, 2.45) is 0 Å². The number of ether oxygens (including phenoxy) is 1. The molecule has 0 saturated carbocycles. The lowest BCUT2D eigenvalue weighted by Crippen LogP contribution is -2.01. The monoisotopic (exact) mass is 232 g/mol. The first-order valence-electron chi connectivity index (χ1n) is 5.79. The minimum Gasteiger partial charge on any atom is -0.493 e. The summed E-state index contributed by atoms with van der Waals surface area (Å²) in [4.78, 5) is 11.3. The van der Waals surface area contributed by atoms with E-state index < -0.39 is 0 Å². The molecule has 0 radical (unpaired) electrons. The number of rotatable bonds is 3. The molecular weight excluding hydrogens is 216 g/mol. The van der Waals surface area contributed by atoms with Gasteiger partial charge in [-0.2, -0.15) is 0 Å². The molecule has 0 bridgehead atoms. The molecule has 3 nitrogen and oxygen atoms in total. The van der Waals surface area contributed by atoms with E-state index in [0.29, 0.717) is 12.2 Å². The molecule has 1 aromatic carbocycles. The predicted molar refractivity (Wildman–Crippen MR) is 67.7 cm³/mol. The third-order valence-electron chi connectivity index (χ3n) is 2.61. The standard InChI is InChI=1S/C14H16O3/c1-4-5-16-11-6-9(2)7-12-14(11)10(3)8-13(15)17-12/h6-8H,4-5H2,1-3H3. The molecule has 0 unspecified atom stereocenters. The average molecular weight is 232 g/mol. The normalized spacial score (nSPS) is 10.8. The van der Waals surface area contributed by atoms with E-state index in [0.717, 1.165) is 28.7 Å². The summed E-state index contributed by atoms with van der Waals surface area (Å²) in [6.45, 7) is 6.58. The van der Waals surface area contributed by atoms with E-state index in [1.54, 1.807) is 0 Å². The van der Waals surface area contributed by atoms with Crippen LogP contribution in [-0.4, -0.2) is 6.61 Å². The summed E-state index contributed by atoms with van der Waals surface area (Å²) in [5, 5.41) is 0.892. The Morgan fingerprint density at radius 3 is 2.71 bits per heavy atom. The van der Waals surface area contributed by atoms with Crippen LogP contribution in [0, 0.1) is 13.8 Å². The minimum atomic E-state index is -0.318. The lowest BCUT2D eigenvalue weighted by atomic mass is 10.1. The van der Waals surface area contributed by atoms with Crippen LogP contribution in [0.2, 0.25) is 0 Å². The number of hydrogen-bond acceptors (Lipinski definition) is 3. The van der Waals surface area contributed by atoms with Crippen molar-refractivity contribution >= 4 is 11.0 Å². The Morgan fingerprint density at radius 1 is 1.24 bits per heavy atom. The quantitative estimate of drug-likeness (QED) is 0.763. The van der Waals surface area contributed by atoms with Crippen LogP contribution in [0.5, 0.6) is 5.75 Å². The summed E-state index contributed by atoms with van der Waals surface area (Å²) in [7, 11) is 0. The molecule has 0 saturated heterocycles. The molecule has 90 valence electrons. The zero-order valence-corrected chi connectivity index (χ0v) is 10.4. The van der Waals surface area contributed by atoms with Crippen molar-refractivity contribution < 1.29 is 9.15 Å². The van der Waals surface area contributed by atoms with Gasteiger partial charge >= 0.3 is 5.63 Å². The van der Waals surface area contributed by atoms with Gasteiger partial charge in [0.05, 0.1) is 12.0 Å². The summed E-state index contributed by atoms with van der Waals surface area (Å²) >= 11 is 0. The van der Waals surface area contributed by atoms with Crippen LogP contribution in [0.15, 0.2) is 27.4 Å². The number of fused-ring (bicyclic) bond motifs is 1. The second-order valence-corrected chi connectivity index (χ2v) is 4.23. The van der Waals surface area contributed by atoms with Gasteiger partial charge in [0.15, 0.2) is 0 Å². The highest BCUT2D eigenvalue weighted by molar-refractivity contribution is 5.87. The molecule has 0 aliphatic rings. The Kier molecular flexibility index (Phi) is 3.18. The highest BCUT2D eigenvalue weighted by atomic mass is 16.5. The Hall–Kier alpha value is -1.77. The second kappa shape index (κ2) is 4.62. The third-order valence-corrected chi connectivity index (χ3v) is 2.61. The van der Waals surface area contributed by atoms with Gasteiger partial charge in [-0.1, -0.05) is 6.92 Å². The largest absolute Gasteiger partial charge is 0.493 e. The van der Waals surface area contributed by atoms with Gasteiger partial charge in [-0.3, -0.25) is 0 Å². The van der Waals surface area contributed by atoms with Crippen LogP contribution >= 0.6 is 0 Å². The van der Waals surface area contributed by atoms with Gasteiger partial charge in [-0.05, 0) is 43.5 Å². The first-order valence-corrected chi connectivity index (χ1v) is 5.79. The molecule has 0 spiro atoms. The van der Waals surface area contributed by atoms with Crippen LogP contribution < -0.4 is 10.4 Å². The van der Waals surface area contributed by atoms with Crippen molar-refractivity contribution in [2.45, 2.75) is 27.2 Å². The summed E-state index contributed by atoms with van der Waals surface area (Å²) in [6.07, 6.45) is 0.950. The van der Waals surface area contributed by atoms with Gasteiger partial charge in [0.1, 0.15) is 11.3 Å². The van der Waals surface area contributed by atoms with Crippen LogP contribution in [0.25, 0.3) is 11.0 Å². The average Bonchev–Trinajstić information content (AvgIpc) is 2.24. The molecule has 0 amide bonds. The van der Waals surface area contributed by atoms with E-state index >= 15 is 0 Å². The van der Waals surface area contributed by atoms with Crippen molar-refractivity contribution in [2.75, 3.05) is 6.61 Å². The highest BCUT2D eigenvalue weighted by Gasteiger charge is 2.09. The first kappa shape index (κ1) is 11.7. The first-order chi connectivity index (χ1) is 8.11. The van der Waals surface area contributed by atoms with Crippen molar-refractivity contribution in [1.29, 1.82) is 0 Å². The van der Waals surface area contributed by atoms with E-state index in [9.17, 15) is 4.79 Å². The smallest absolute Gasteiger partial charge is 0.336 e. The number of aryl methyl sites for hydroxylation is 2. The number of benzene rings is 1. The maximum atomic E-state index is 11.3. The maximum absolute atomic E-state index is 11.3. The van der Waals surface area contributed by atoms with Gasteiger partial charge < -0.3 is 9.15 Å². The topological polar surface area (TPSA) is 39.4 Å². The van der Waals surface area contributed by atoms with Crippen molar-refractivity contribution in [3.05, 3.63) is 39.7 Å². The Balaban J connectivity index is 2.69. The highest BCUT2D eigenvalue weighted by Crippen LogP contribution is 2.29. The van der Waals surface area contributed by atoms with E-state index in [1.807, 2.05) is 26.0 Å². The summed E-state index contributed by atoms with van der Waals surface area (Å²) in [6, 6.07) is 5.34. The third kappa shape index (κ3) is 2.33. The second-order valence-electron chi connectivity index (χ2n) is 4.23. The lowest BCUT2D eigenvalue weighted by Gasteiger charge is -2.10. The van der Waals surface area contributed by atoms with Gasteiger partial charge in [0.2, 0.25) is 0 Å². The van der Waals surface area contributed by atoms with E-state index in [2.05, 4.69) is 6.92 Å². The predicted octanol–water partition coefficient (Wildman–Crippen LogP) is 3.20. The molecule has 0 aliphatic carbocycles. The molecule has 2 aromatic rings. The molecule has 0 aliphatic heterocycles. The summed E-state index contributed by atoms with van der Waals surface area (Å²) in [5.41, 5.74) is 2.20. The van der Waals surface area contributed by atoms with E-state index in [-0.39, 0.29) is 5.63 Å². The van der Waals surface area contributed by atoms with Gasteiger partial charge in [0.25, 0.3) is 0 Å². The molecule has 2 rings (SSSR count). The Morgan fingerprint density at radius 2 is 2.00 bits per heavy atom. The van der Waals surface area contributed by atoms with E-state index in [4.69, 9.17) is 9.15 Å². The Labute approximate surface area is 100 Å². The SMILES string of the molecule is CCCOc1cc(C)cc2oc(=O)cc(C)c12.